The fourth-order valence-electron chi connectivity index (χ4n) is 8.71. The highest BCUT2D eigenvalue weighted by atomic mass is 16.4. The number of hydrogen-bond donors (Lipinski definition) is 3. The van der Waals surface area contributed by atoms with E-state index in [1.165, 1.54) is 6.92 Å². The number of allylic oxidation sites excluding steroid dienone is 1. The summed E-state index contributed by atoms with van der Waals surface area (Å²) in [5.41, 5.74) is -1.33. The van der Waals surface area contributed by atoms with E-state index in [1.54, 1.807) is 0 Å². The van der Waals surface area contributed by atoms with Crippen LogP contribution in [-0.2, 0) is 19.2 Å². The SMILES string of the molecule is CC(CC(=O)CCC1CC(O)C2(C)C3=C(C(=O)CC12C)C1(C)CCC(=O)C(C)(C)C1CC3O)C(=O)O. The van der Waals surface area contributed by atoms with Gasteiger partial charge in [-0.3, -0.25) is 19.2 Å². The van der Waals surface area contributed by atoms with Crippen molar-refractivity contribution in [3.63, 3.8) is 0 Å². The second kappa shape index (κ2) is 8.59. The van der Waals surface area contributed by atoms with E-state index in [0.29, 0.717) is 43.3 Å². The molecule has 0 heterocycles. The Kier molecular flexibility index (Phi) is 6.48. The Morgan fingerprint density at radius 3 is 2.31 bits per heavy atom. The quantitative estimate of drug-likeness (QED) is 0.502. The Morgan fingerprint density at radius 1 is 1.06 bits per heavy atom. The molecule has 8 unspecified atom stereocenters. The van der Waals surface area contributed by atoms with Crippen LogP contribution in [0.2, 0.25) is 0 Å². The van der Waals surface area contributed by atoms with E-state index in [-0.39, 0.29) is 48.4 Å². The molecule has 4 aliphatic carbocycles. The number of aliphatic hydroxyl groups excluding tert-OH is 2. The first kappa shape index (κ1) is 27.2. The maximum absolute atomic E-state index is 14.0. The molecule has 0 amide bonds. The zero-order valence-corrected chi connectivity index (χ0v) is 22.5. The lowest BCUT2D eigenvalue weighted by molar-refractivity contribution is -0.146. The van der Waals surface area contributed by atoms with Gasteiger partial charge in [-0.25, -0.2) is 0 Å². The van der Waals surface area contributed by atoms with Crippen molar-refractivity contribution >= 4 is 23.3 Å². The largest absolute Gasteiger partial charge is 0.481 e. The number of Topliss-reactive ketones (excluding diaryl/α,β-unsaturated/α-hetero) is 3. The molecular weight excluding hydrogens is 460 g/mol. The van der Waals surface area contributed by atoms with Gasteiger partial charge in [-0.05, 0) is 48.5 Å². The Bertz CT molecular complexity index is 1040. The highest BCUT2D eigenvalue weighted by molar-refractivity contribution is 6.01. The average molecular weight is 503 g/mol. The van der Waals surface area contributed by atoms with E-state index >= 15 is 0 Å². The first-order chi connectivity index (χ1) is 16.5. The maximum atomic E-state index is 14.0. The molecule has 7 heteroatoms. The minimum Gasteiger partial charge on any atom is -0.481 e. The molecule has 4 rings (SSSR count). The van der Waals surface area contributed by atoms with Crippen molar-refractivity contribution in [3.8, 4) is 0 Å². The third-order valence-corrected chi connectivity index (χ3v) is 11.2. The smallest absolute Gasteiger partial charge is 0.306 e. The lowest BCUT2D eigenvalue weighted by Gasteiger charge is -2.61. The van der Waals surface area contributed by atoms with Gasteiger partial charge in [-0.2, -0.15) is 0 Å². The molecule has 7 nitrogen and oxygen atoms in total. The molecular formula is C29H42O7. The van der Waals surface area contributed by atoms with Gasteiger partial charge in [0, 0.05) is 47.5 Å². The fraction of sp³-hybridized carbons (Fsp3) is 0.793. The van der Waals surface area contributed by atoms with Gasteiger partial charge in [-0.1, -0.05) is 41.5 Å². The van der Waals surface area contributed by atoms with Crippen molar-refractivity contribution in [2.75, 3.05) is 0 Å². The van der Waals surface area contributed by atoms with Gasteiger partial charge in [0.25, 0.3) is 0 Å². The molecule has 0 aromatic carbocycles. The van der Waals surface area contributed by atoms with Gasteiger partial charge in [0.1, 0.15) is 11.6 Å². The zero-order chi connectivity index (χ0) is 27.0. The van der Waals surface area contributed by atoms with E-state index in [1.807, 2.05) is 27.7 Å². The standard InChI is InChI=1S/C29H42O7/c1-15(25(35)36)11-17(30)8-7-16-12-22(34)29(6)24-18(31)13-20-26(2,3)21(33)9-10-27(20,4)23(24)19(32)14-28(16,29)5/h15-16,18,20,22,31,34H,7-14H2,1-6H3,(H,35,36). The molecule has 0 saturated heterocycles. The number of aliphatic carboxylic acids is 1. The minimum absolute atomic E-state index is 0.00806. The summed E-state index contributed by atoms with van der Waals surface area (Å²) < 4.78 is 0. The number of fused-ring (bicyclic) bond motifs is 4. The molecule has 0 bridgehead atoms. The number of carboxylic acids is 1. The van der Waals surface area contributed by atoms with E-state index in [4.69, 9.17) is 5.11 Å². The molecule has 3 N–H and O–H groups in total. The van der Waals surface area contributed by atoms with Crippen molar-refractivity contribution in [3.05, 3.63) is 11.1 Å². The highest BCUT2D eigenvalue weighted by Crippen LogP contribution is 2.71. The van der Waals surface area contributed by atoms with Gasteiger partial charge in [-0.15, -0.1) is 0 Å². The molecule has 0 aromatic heterocycles. The number of carbonyl (C=O) groups is 4. The number of hydrogen-bond acceptors (Lipinski definition) is 6. The van der Waals surface area contributed by atoms with Crippen molar-refractivity contribution in [2.45, 2.75) is 105 Å². The van der Waals surface area contributed by atoms with Crippen LogP contribution in [0.3, 0.4) is 0 Å². The Labute approximate surface area is 213 Å². The number of aliphatic hydroxyl groups is 2. The van der Waals surface area contributed by atoms with E-state index in [0.717, 1.165) is 0 Å². The molecule has 2 saturated carbocycles. The maximum Gasteiger partial charge on any atom is 0.306 e. The Morgan fingerprint density at radius 2 is 1.69 bits per heavy atom. The third kappa shape index (κ3) is 3.59. The van der Waals surface area contributed by atoms with E-state index in [2.05, 4.69) is 6.92 Å². The van der Waals surface area contributed by atoms with Crippen molar-refractivity contribution in [1.82, 2.24) is 0 Å². The molecule has 4 aliphatic rings. The third-order valence-electron chi connectivity index (χ3n) is 11.2. The normalized spacial score (nSPS) is 42.4. The second-order valence-electron chi connectivity index (χ2n) is 13.3. The van der Waals surface area contributed by atoms with Crippen LogP contribution in [0.15, 0.2) is 11.1 Å². The summed E-state index contributed by atoms with van der Waals surface area (Å²) in [5.74, 6) is -1.96. The summed E-state index contributed by atoms with van der Waals surface area (Å²) in [4.78, 5) is 50.4. The molecule has 200 valence electrons. The molecule has 0 aromatic rings. The molecule has 0 radical (unpaired) electrons. The summed E-state index contributed by atoms with van der Waals surface area (Å²) in [6, 6.07) is 0. The second-order valence-corrected chi connectivity index (χ2v) is 13.3. The predicted molar refractivity (Wildman–Crippen MR) is 133 cm³/mol. The van der Waals surface area contributed by atoms with Crippen molar-refractivity contribution < 1.29 is 34.5 Å². The minimum atomic E-state index is -0.998. The molecule has 8 atom stereocenters. The van der Waals surface area contributed by atoms with Crippen LogP contribution in [-0.4, -0.2) is 50.8 Å². The van der Waals surface area contributed by atoms with Gasteiger partial charge in [0.2, 0.25) is 0 Å². The van der Waals surface area contributed by atoms with Gasteiger partial charge >= 0.3 is 5.97 Å². The number of carbonyl (C=O) groups excluding carboxylic acids is 3. The summed E-state index contributed by atoms with van der Waals surface area (Å²) >= 11 is 0. The first-order valence-electron chi connectivity index (χ1n) is 13.4. The van der Waals surface area contributed by atoms with Crippen LogP contribution >= 0.6 is 0 Å². The van der Waals surface area contributed by atoms with E-state index < -0.39 is 45.8 Å². The highest BCUT2D eigenvalue weighted by Gasteiger charge is 2.69. The molecule has 36 heavy (non-hydrogen) atoms. The van der Waals surface area contributed by atoms with E-state index in [9.17, 15) is 29.4 Å². The van der Waals surface area contributed by atoms with Crippen LogP contribution in [0.5, 0.6) is 0 Å². The molecule has 2 fully saturated rings. The summed E-state index contributed by atoms with van der Waals surface area (Å²) in [6.07, 6.45) is 0.977. The lowest BCUT2D eigenvalue weighted by atomic mass is 9.42. The van der Waals surface area contributed by atoms with Gasteiger partial charge in [0.05, 0.1) is 18.1 Å². The number of carboxylic acid groups (broad SMARTS) is 1. The Hall–Kier alpha value is -1.86. The molecule has 0 spiro atoms. The zero-order valence-electron chi connectivity index (χ0n) is 22.5. The van der Waals surface area contributed by atoms with Crippen LogP contribution < -0.4 is 0 Å². The fourth-order valence-corrected chi connectivity index (χ4v) is 8.71. The summed E-state index contributed by atoms with van der Waals surface area (Å²) in [7, 11) is 0. The predicted octanol–water partition coefficient (Wildman–Crippen LogP) is 3.89. The summed E-state index contributed by atoms with van der Waals surface area (Å²) in [5, 5.41) is 32.2. The van der Waals surface area contributed by atoms with Crippen LogP contribution in [0.25, 0.3) is 0 Å². The number of rotatable bonds is 6. The molecule has 0 aliphatic heterocycles. The first-order valence-corrected chi connectivity index (χ1v) is 13.4. The van der Waals surface area contributed by atoms with Crippen molar-refractivity contribution in [2.24, 2.45) is 39.4 Å². The average Bonchev–Trinajstić information content (AvgIpc) is 2.97. The Balaban J connectivity index is 1.70. The summed E-state index contributed by atoms with van der Waals surface area (Å²) in [6.45, 7) is 11.4. The topological polar surface area (TPSA) is 129 Å². The van der Waals surface area contributed by atoms with Crippen LogP contribution in [0.4, 0.5) is 0 Å². The van der Waals surface area contributed by atoms with Crippen LogP contribution in [0.1, 0.15) is 92.9 Å². The van der Waals surface area contributed by atoms with Crippen LogP contribution in [0, 0.1) is 39.4 Å². The lowest BCUT2D eigenvalue weighted by Crippen LogP contribution is -2.60. The van der Waals surface area contributed by atoms with Gasteiger partial charge < -0.3 is 15.3 Å². The number of ketones is 3. The van der Waals surface area contributed by atoms with Gasteiger partial charge in [0.15, 0.2) is 5.78 Å². The van der Waals surface area contributed by atoms with Crippen molar-refractivity contribution in [1.29, 1.82) is 0 Å². The monoisotopic (exact) mass is 502 g/mol.